The molecule has 2 amide bonds. The summed E-state index contributed by atoms with van der Waals surface area (Å²) in [5.74, 6) is 0. The van der Waals surface area contributed by atoms with Crippen LogP contribution in [0.25, 0.3) is 10.9 Å². The van der Waals surface area contributed by atoms with Gasteiger partial charge in [0.15, 0.2) is 0 Å². The highest BCUT2D eigenvalue weighted by Crippen LogP contribution is 2.29. The molecule has 24 heavy (non-hydrogen) atoms. The molecule has 0 aliphatic heterocycles. The van der Waals surface area contributed by atoms with Crippen LogP contribution in [0.3, 0.4) is 0 Å². The van der Waals surface area contributed by atoms with E-state index in [-0.39, 0.29) is 6.54 Å². The van der Waals surface area contributed by atoms with Crippen LogP contribution in [0.2, 0.25) is 0 Å². The lowest BCUT2D eigenvalue weighted by Gasteiger charge is -2.10. The van der Waals surface area contributed by atoms with Gasteiger partial charge in [-0.2, -0.15) is 13.2 Å². The van der Waals surface area contributed by atoms with E-state index in [9.17, 15) is 18.0 Å². The first-order valence-electron chi connectivity index (χ1n) is 7.20. The van der Waals surface area contributed by atoms with Crippen LogP contribution in [0.15, 0.2) is 54.7 Å². The predicted molar refractivity (Wildman–Crippen MR) is 85.6 cm³/mol. The monoisotopic (exact) mass is 333 g/mol. The smallest absolute Gasteiger partial charge is 0.361 e. The number of benzene rings is 2. The Balaban J connectivity index is 1.57. The molecular weight excluding hydrogens is 319 g/mol. The molecular formula is C17H14F3N3O. The maximum absolute atomic E-state index is 12.5. The standard InChI is InChI=1S/C17H14F3N3O/c18-17(19,20)13-3-1-11(2-4-13)10-22-16(24)23-14-5-6-15-12(9-14)7-8-21-15/h1-9,21H,10H2,(H2,22,23,24). The number of carbonyl (C=O) groups is 1. The molecule has 7 heteroatoms. The highest BCUT2D eigenvalue weighted by atomic mass is 19.4. The Morgan fingerprint density at radius 2 is 1.79 bits per heavy atom. The summed E-state index contributed by atoms with van der Waals surface area (Å²) in [6.07, 6.45) is -2.56. The summed E-state index contributed by atoms with van der Waals surface area (Å²) in [5, 5.41) is 6.26. The second-order valence-corrected chi connectivity index (χ2v) is 5.28. The third kappa shape index (κ3) is 3.68. The molecule has 0 aliphatic rings. The Kier molecular flexibility index (Phi) is 4.16. The fourth-order valence-corrected chi connectivity index (χ4v) is 2.30. The van der Waals surface area contributed by atoms with Gasteiger partial charge in [-0.15, -0.1) is 0 Å². The summed E-state index contributed by atoms with van der Waals surface area (Å²) in [7, 11) is 0. The molecule has 4 nitrogen and oxygen atoms in total. The van der Waals surface area contributed by atoms with Crippen LogP contribution in [0, 0.1) is 0 Å². The minimum atomic E-state index is -4.36. The van der Waals surface area contributed by atoms with Gasteiger partial charge in [0.05, 0.1) is 5.56 Å². The van der Waals surface area contributed by atoms with Gasteiger partial charge in [-0.1, -0.05) is 12.1 Å². The number of aromatic amines is 1. The average molecular weight is 333 g/mol. The molecule has 0 saturated heterocycles. The second-order valence-electron chi connectivity index (χ2n) is 5.28. The first kappa shape index (κ1) is 15.9. The van der Waals surface area contributed by atoms with Gasteiger partial charge < -0.3 is 15.6 Å². The summed E-state index contributed by atoms with van der Waals surface area (Å²) in [4.78, 5) is 14.9. The molecule has 0 unspecified atom stereocenters. The highest BCUT2D eigenvalue weighted by Gasteiger charge is 2.29. The van der Waals surface area contributed by atoms with Crippen molar-refractivity contribution in [1.82, 2.24) is 10.3 Å². The third-order valence-corrected chi connectivity index (χ3v) is 3.55. The fourth-order valence-electron chi connectivity index (χ4n) is 2.30. The molecule has 0 atom stereocenters. The van der Waals surface area contributed by atoms with Gasteiger partial charge in [0.1, 0.15) is 0 Å². The zero-order valence-corrected chi connectivity index (χ0v) is 12.4. The van der Waals surface area contributed by atoms with E-state index >= 15 is 0 Å². The minimum absolute atomic E-state index is 0.135. The Morgan fingerprint density at radius 1 is 1.04 bits per heavy atom. The van der Waals surface area contributed by atoms with E-state index in [0.717, 1.165) is 23.0 Å². The van der Waals surface area contributed by atoms with E-state index in [1.54, 1.807) is 12.3 Å². The van der Waals surface area contributed by atoms with Crippen molar-refractivity contribution in [3.8, 4) is 0 Å². The quantitative estimate of drug-likeness (QED) is 0.649. The zero-order chi connectivity index (χ0) is 17.2. The van der Waals surface area contributed by atoms with Crippen LogP contribution < -0.4 is 10.6 Å². The van der Waals surface area contributed by atoms with Gasteiger partial charge in [0, 0.05) is 29.3 Å². The number of alkyl halides is 3. The summed E-state index contributed by atoms with van der Waals surface area (Å²) < 4.78 is 37.4. The second kappa shape index (κ2) is 6.27. The number of aromatic nitrogens is 1. The van der Waals surface area contributed by atoms with E-state index in [4.69, 9.17) is 0 Å². The van der Waals surface area contributed by atoms with Crippen LogP contribution in [-0.4, -0.2) is 11.0 Å². The number of urea groups is 1. The van der Waals surface area contributed by atoms with Crippen molar-refractivity contribution in [1.29, 1.82) is 0 Å². The van der Waals surface area contributed by atoms with Crippen LogP contribution >= 0.6 is 0 Å². The number of fused-ring (bicyclic) bond motifs is 1. The molecule has 1 aromatic heterocycles. The summed E-state index contributed by atoms with van der Waals surface area (Å²) in [6, 6.07) is 11.6. The normalized spacial score (nSPS) is 11.5. The Bertz CT molecular complexity index is 853. The topological polar surface area (TPSA) is 56.9 Å². The van der Waals surface area contributed by atoms with Gasteiger partial charge in [0.25, 0.3) is 0 Å². The maximum Gasteiger partial charge on any atom is 0.416 e. The number of hydrogen-bond donors (Lipinski definition) is 3. The summed E-state index contributed by atoms with van der Waals surface area (Å²) in [5.41, 5.74) is 1.47. The van der Waals surface area contributed by atoms with Crippen molar-refractivity contribution in [2.45, 2.75) is 12.7 Å². The predicted octanol–water partition coefficient (Wildman–Crippen LogP) is 4.51. The molecule has 3 rings (SSSR count). The van der Waals surface area contributed by atoms with Crippen molar-refractivity contribution in [2.75, 3.05) is 5.32 Å². The number of anilines is 1. The first-order chi connectivity index (χ1) is 11.4. The molecule has 3 aromatic rings. The molecule has 3 N–H and O–H groups in total. The van der Waals surface area contributed by atoms with Crippen molar-refractivity contribution < 1.29 is 18.0 Å². The van der Waals surface area contributed by atoms with E-state index < -0.39 is 17.8 Å². The number of hydrogen-bond acceptors (Lipinski definition) is 1. The number of rotatable bonds is 3. The van der Waals surface area contributed by atoms with Gasteiger partial charge in [0.2, 0.25) is 0 Å². The number of nitrogens with one attached hydrogen (secondary N) is 3. The molecule has 1 heterocycles. The molecule has 0 spiro atoms. The van der Waals surface area contributed by atoms with Crippen molar-refractivity contribution in [3.05, 3.63) is 65.9 Å². The van der Waals surface area contributed by atoms with E-state index in [1.165, 1.54) is 12.1 Å². The molecule has 0 aliphatic carbocycles. The number of halogens is 3. The Hall–Kier alpha value is -2.96. The Morgan fingerprint density at radius 3 is 2.50 bits per heavy atom. The molecule has 0 radical (unpaired) electrons. The van der Waals surface area contributed by atoms with Crippen molar-refractivity contribution >= 4 is 22.6 Å². The minimum Gasteiger partial charge on any atom is -0.361 e. The first-order valence-corrected chi connectivity index (χ1v) is 7.20. The lowest BCUT2D eigenvalue weighted by molar-refractivity contribution is -0.137. The molecule has 2 aromatic carbocycles. The molecule has 124 valence electrons. The van der Waals surface area contributed by atoms with Crippen LogP contribution in [0.1, 0.15) is 11.1 Å². The summed E-state index contributed by atoms with van der Waals surface area (Å²) >= 11 is 0. The lowest BCUT2D eigenvalue weighted by atomic mass is 10.1. The van der Waals surface area contributed by atoms with Crippen molar-refractivity contribution in [3.63, 3.8) is 0 Å². The van der Waals surface area contributed by atoms with Crippen LogP contribution in [-0.2, 0) is 12.7 Å². The lowest BCUT2D eigenvalue weighted by Crippen LogP contribution is -2.28. The fraction of sp³-hybridized carbons (Fsp3) is 0.118. The molecule has 0 saturated carbocycles. The van der Waals surface area contributed by atoms with Crippen molar-refractivity contribution in [2.24, 2.45) is 0 Å². The number of carbonyl (C=O) groups excluding carboxylic acids is 1. The average Bonchev–Trinajstić information content (AvgIpc) is 3.00. The van der Waals surface area contributed by atoms with Gasteiger partial charge in [-0.3, -0.25) is 0 Å². The largest absolute Gasteiger partial charge is 0.416 e. The van der Waals surface area contributed by atoms with Crippen LogP contribution in [0.5, 0.6) is 0 Å². The SMILES string of the molecule is O=C(NCc1ccc(C(F)(F)F)cc1)Nc1ccc2[nH]ccc2c1. The number of H-pyrrole nitrogens is 1. The van der Waals surface area contributed by atoms with E-state index in [1.807, 2.05) is 18.2 Å². The molecule has 0 fully saturated rings. The number of amides is 2. The van der Waals surface area contributed by atoms with E-state index in [2.05, 4.69) is 15.6 Å². The third-order valence-electron chi connectivity index (χ3n) is 3.55. The highest BCUT2D eigenvalue weighted by molar-refractivity contribution is 5.92. The Labute approximate surface area is 135 Å². The van der Waals surface area contributed by atoms with Gasteiger partial charge in [-0.05, 0) is 42.0 Å². The van der Waals surface area contributed by atoms with Gasteiger partial charge in [-0.25, -0.2) is 4.79 Å². The maximum atomic E-state index is 12.5. The zero-order valence-electron chi connectivity index (χ0n) is 12.4. The van der Waals surface area contributed by atoms with Crippen LogP contribution in [0.4, 0.5) is 23.7 Å². The van der Waals surface area contributed by atoms with Gasteiger partial charge >= 0.3 is 12.2 Å². The summed E-state index contributed by atoms with van der Waals surface area (Å²) in [6.45, 7) is 0.135. The van der Waals surface area contributed by atoms with E-state index in [0.29, 0.717) is 11.3 Å². The molecule has 0 bridgehead atoms.